The number of amides is 1. The molecule has 1 amide bonds. The van der Waals surface area contributed by atoms with E-state index >= 15 is 0 Å². The van der Waals surface area contributed by atoms with Gasteiger partial charge in [0.15, 0.2) is 0 Å². The number of piperidine rings is 2. The zero-order valence-electron chi connectivity index (χ0n) is 17.2. The molecule has 0 radical (unpaired) electrons. The molecule has 2 saturated heterocycles. The third-order valence-electron chi connectivity index (χ3n) is 5.81. The molecule has 1 aromatic rings. The third-order valence-corrected chi connectivity index (χ3v) is 8.04. The highest BCUT2D eigenvalue weighted by Gasteiger charge is 2.27. The van der Waals surface area contributed by atoms with Crippen molar-refractivity contribution in [1.29, 1.82) is 0 Å². The Kier molecular flexibility index (Phi) is 7.96. The maximum atomic E-state index is 12.9. The minimum atomic E-state index is -3.59. The van der Waals surface area contributed by atoms with Crippen LogP contribution in [-0.2, 0) is 10.0 Å². The first kappa shape index (κ1) is 22.5. The first-order valence-electron chi connectivity index (χ1n) is 10.7. The molecule has 0 unspecified atom stereocenters. The number of hydrogen-bond donors (Lipinski definition) is 1. The monoisotopic (exact) mass is 441 g/mol. The Balaban J connectivity index is 1.58. The quantitative estimate of drug-likeness (QED) is 0.658. The van der Waals surface area contributed by atoms with Gasteiger partial charge in [-0.05, 0) is 69.3 Å². The number of nitrogens with zero attached hydrogens (tertiary/aromatic N) is 2. The Hall–Kier alpha value is -1.15. The topological polar surface area (TPSA) is 69.7 Å². The molecule has 162 valence electrons. The van der Waals surface area contributed by atoms with E-state index in [1.54, 1.807) is 0 Å². The van der Waals surface area contributed by atoms with E-state index in [0.29, 0.717) is 19.6 Å². The lowest BCUT2D eigenvalue weighted by molar-refractivity contribution is 0.0950. The van der Waals surface area contributed by atoms with Crippen LogP contribution in [-0.4, -0.2) is 62.8 Å². The van der Waals surface area contributed by atoms with Crippen molar-refractivity contribution in [1.82, 2.24) is 14.5 Å². The Morgan fingerprint density at radius 2 is 1.93 bits per heavy atom. The molecule has 1 atom stereocenters. The number of halogens is 1. The van der Waals surface area contributed by atoms with E-state index in [0.717, 1.165) is 51.2 Å². The van der Waals surface area contributed by atoms with E-state index in [4.69, 9.17) is 11.6 Å². The lowest BCUT2D eigenvalue weighted by atomic mass is 10.0. The maximum Gasteiger partial charge on any atom is 0.252 e. The normalized spacial score (nSPS) is 21.8. The van der Waals surface area contributed by atoms with Crippen molar-refractivity contribution in [3.8, 4) is 0 Å². The highest BCUT2D eigenvalue weighted by molar-refractivity contribution is 7.89. The summed E-state index contributed by atoms with van der Waals surface area (Å²) in [6, 6.07) is 4.40. The molecule has 0 bridgehead atoms. The summed E-state index contributed by atoms with van der Waals surface area (Å²) < 4.78 is 27.3. The molecule has 2 heterocycles. The largest absolute Gasteiger partial charge is 0.352 e. The van der Waals surface area contributed by atoms with Gasteiger partial charge in [0.05, 0.1) is 15.5 Å². The molecule has 6 nitrogen and oxygen atoms in total. The van der Waals surface area contributed by atoms with E-state index in [9.17, 15) is 13.2 Å². The van der Waals surface area contributed by atoms with Crippen LogP contribution in [0.4, 0.5) is 0 Å². The molecule has 0 aromatic heterocycles. The van der Waals surface area contributed by atoms with Crippen molar-refractivity contribution in [3.05, 3.63) is 28.8 Å². The third kappa shape index (κ3) is 5.94. The highest BCUT2D eigenvalue weighted by atomic mass is 35.5. The first-order valence-corrected chi connectivity index (χ1v) is 12.5. The number of carbonyl (C=O) groups is 1. The van der Waals surface area contributed by atoms with Crippen LogP contribution in [0.3, 0.4) is 0 Å². The van der Waals surface area contributed by atoms with Crippen molar-refractivity contribution in [3.63, 3.8) is 0 Å². The summed E-state index contributed by atoms with van der Waals surface area (Å²) in [5, 5.41) is 3.16. The van der Waals surface area contributed by atoms with Crippen LogP contribution in [0, 0.1) is 5.92 Å². The summed E-state index contributed by atoms with van der Waals surface area (Å²) in [5.41, 5.74) is 0.219. The number of benzene rings is 1. The van der Waals surface area contributed by atoms with Crippen molar-refractivity contribution >= 4 is 27.5 Å². The molecule has 8 heteroatoms. The van der Waals surface area contributed by atoms with Crippen molar-refractivity contribution in [2.45, 2.75) is 50.3 Å². The van der Waals surface area contributed by atoms with E-state index in [1.807, 2.05) is 0 Å². The number of carbonyl (C=O) groups excluding carboxylic acids is 1. The van der Waals surface area contributed by atoms with Crippen LogP contribution in [0.1, 0.15) is 55.8 Å². The lowest BCUT2D eigenvalue weighted by Gasteiger charge is -2.30. The van der Waals surface area contributed by atoms with Gasteiger partial charge in [0.25, 0.3) is 5.91 Å². The predicted molar refractivity (Wildman–Crippen MR) is 116 cm³/mol. The molecular formula is C21H32ClN3O3S. The van der Waals surface area contributed by atoms with E-state index < -0.39 is 10.0 Å². The molecule has 2 fully saturated rings. The second-order valence-corrected chi connectivity index (χ2v) is 10.6. The maximum absolute atomic E-state index is 12.9. The van der Waals surface area contributed by atoms with Crippen LogP contribution in [0.2, 0.25) is 5.02 Å². The fraction of sp³-hybridized carbons (Fsp3) is 0.667. The number of hydrogen-bond acceptors (Lipinski definition) is 4. The van der Waals surface area contributed by atoms with Crippen LogP contribution in [0.25, 0.3) is 0 Å². The van der Waals surface area contributed by atoms with Crippen LogP contribution >= 0.6 is 11.6 Å². The zero-order valence-corrected chi connectivity index (χ0v) is 18.8. The van der Waals surface area contributed by atoms with Crippen molar-refractivity contribution < 1.29 is 13.2 Å². The zero-order chi connectivity index (χ0) is 20.9. The molecule has 1 N–H and O–H groups in total. The summed E-state index contributed by atoms with van der Waals surface area (Å²) >= 11 is 6.20. The van der Waals surface area contributed by atoms with E-state index in [-0.39, 0.29) is 21.4 Å². The van der Waals surface area contributed by atoms with Gasteiger partial charge in [-0.15, -0.1) is 0 Å². The summed E-state index contributed by atoms with van der Waals surface area (Å²) in [4.78, 5) is 15.2. The summed E-state index contributed by atoms with van der Waals surface area (Å²) in [7, 11) is -3.59. The smallest absolute Gasteiger partial charge is 0.252 e. The van der Waals surface area contributed by atoms with Crippen molar-refractivity contribution in [2.75, 3.05) is 39.3 Å². The van der Waals surface area contributed by atoms with Gasteiger partial charge < -0.3 is 10.2 Å². The minimum absolute atomic E-state index is 0.135. The van der Waals surface area contributed by atoms with Gasteiger partial charge in [0.2, 0.25) is 10.0 Å². The van der Waals surface area contributed by atoms with Gasteiger partial charge in [0.1, 0.15) is 0 Å². The Morgan fingerprint density at radius 3 is 2.66 bits per heavy atom. The molecule has 0 aliphatic carbocycles. The summed E-state index contributed by atoms with van der Waals surface area (Å²) in [6.07, 6.45) is 6.19. The minimum Gasteiger partial charge on any atom is -0.352 e. The fourth-order valence-electron chi connectivity index (χ4n) is 4.18. The molecule has 0 saturated carbocycles. The van der Waals surface area contributed by atoms with Gasteiger partial charge in [0, 0.05) is 26.2 Å². The Bertz CT molecular complexity index is 809. The van der Waals surface area contributed by atoms with Crippen LogP contribution < -0.4 is 5.32 Å². The van der Waals surface area contributed by atoms with Crippen LogP contribution in [0.5, 0.6) is 0 Å². The molecule has 0 spiro atoms. The van der Waals surface area contributed by atoms with E-state index in [2.05, 4.69) is 17.1 Å². The first-order chi connectivity index (χ1) is 13.9. The number of sulfonamides is 1. The molecule has 2 aliphatic rings. The van der Waals surface area contributed by atoms with Gasteiger partial charge in [-0.3, -0.25) is 4.79 Å². The average Bonchev–Trinajstić information content (AvgIpc) is 2.72. The molecule has 29 heavy (non-hydrogen) atoms. The van der Waals surface area contributed by atoms with Gasteiger partial charge in [-0.1, -0.05) is 24.9 Å². The predicted octanol–water partition coefficient (Wildman–Crippen LogP) is 3.37. The summed E-state index contributed by atoms with van der Waals surface area (Å²) in [5.74, 6) is 0.416. The van der Waals surface area contributed by atoms with Crippen LogP contribution in [0.15, 0.2) is 23.1 Å². The van der Waals surface area contributed by atoms with Crippen molar-refractivity contribution in [2.24, 2.45) is 5.92 Å². The van der Waals surface area contributed by atoms with Gasteiger partial charge in [-0.2, -0.15) is 4.31 Å². The Labute approximate surface area is 179 Å². The average molecular weight is 442 g/mol. The van der Waals surface area contributed by atoms with Gasteiger partial charge in [-0.25, -0.2) is 8.42 Å². The SMILES string of the molecule is C[C@H]1CCCN(CCCNC(=O)c2cc(S(=O)(=O)N3CCCCC3)ccc2Cl)C1. The van der Waals surface area contributed by atoms with Gasteiger partial charge >= 0.3 is 0 Å². The lowest BCUT2D eigenvalue weighted by Crippen LogP contribution is -2.36. The molecular weight excluding hydrogens is 410 g/mol. The summed E-state index contributed by atoms with van der Waals surface area (Å²) in [6.45, 7) is 7.09. The number of nitrogens with one attached hydrogen (secondary N) is 1. The second kappa shape index (κ2) is 10.2. The Morgan fingerprint density at radius 1 is 1.17 bits per heavy atom. The highest BCUT2D eigenvalue weighted by Crippen LogP contribution is 2.25. The second-order valence-electron chi connectivity index (χ2n) is 8.26. The van der Waals surface area contributed by atoms with E-state index in [1.165, 1.54) is 35.3 Å². The molecule has 1 aromatic carbocycles. The molecule has 3 rings (SSSR count). The molecule has 2 aliphatic heterocycles. The standard InChI is InChI=1S/C21H32ClN3O3S/c1-17-7-5-11-24(16-17)12-6-10-23-21(26)19-15-18(8-9-20(19)22)29(27,28)25-13-3-2-4-14-25/h8-9,15,17H,2-7,10-14,16H2,1H3,(H,23,26)/t17-/m0/s1. The number of rotatable bonds is 7. The number of likely N-dealkylation sites (tertiary alicyclic amines) is 1. The fourth-order valence-corrected chi connectivity index (χ4v) is 5.93.